The predicted octanol–water partition coefficient (Wildman–Crippen LogP) is 2.46. The van der Waals surface area contributed by atoms with Crippen LogP contribution in [0.2, 0.25) is 0 Å². The summed E-state index contributed by atoms with van der Waals surface area (Å²) in [6.45, 7) is 14.1. The van der Waals surface area contributed by atoms with Crippen LogP contribution >= 0.6 is 0 Å². The van der Waals surface area contributed by atoms with Crippen molar-refractivity contribution in [2.75, 3.05) is 26.3 Å². The fourth-order valence-electron chi connectivity index (χ4n) is 5.81. The summed E-state index contributed by atoms with van der Waals surface area (Å²) < 4.78 is 12.0. The Kier molecular flexibility index (Phi) is 8.24. The summed E-state index contributed by atoms with van der Waals surface area (Å²) in [4.78, 5) is 44.1. The second-order valence-electron chi connectivity index (χ2n) is 10.5. The van der Waals surface area contributed by atoms with Gasteiger partial charge in [-0.1, -0.05) is 12.2 Å². The smallest absolute Gasteiger partial charge is 0.312 e. The van der Waals surface area contributed by atoms with Crippen molar-refractivity contribution in [2.45, 2.75) is 82.6 Å². The van der Waals surface area contributed by atoms with E-state index < -0.39 is 41.1 Å². The summed E-state index contributed by atoms with van der Waals surface area (Å²) >= 11 is 0. The van der Waals surface area contributed by atoms with Crippen molar-refractivity contribution in [1.82, 2.24) is 9.80 Å². The van der Waals surface area contributed by atoms with Crippen molar-refractivity contribution in [1.29, 1.82) is 0 Å². The number of hydrogen-bond acceptors (Lipinski definition) is 6. The van der Waals surface area contributed by atoms with E-state index in [0.29, 0.717) is 25.8 Å². The summed E-state index contributed by atoms with van der Waals surface area (Å²) in [7, 11) is 0. The number of allylic oxidation sites excluding steroid dienone is 1. The van der Waals surface area contributed by atoms with Crippen molar-refractivity contribution < 1.29 is 29.0 Å². The zero-order valence-electron chi connectivity index (χ0n) is 20.8. The summed E-state index contributed by atoms with van der Waals surface area (Å²) in [5.41, 5.74) is -1.54. The third-order valence-corrected chi connectivity index (χ3v) is 7.30. The second kappa shape index (κ2) is 10.6. The minimum atomic E-state index is -1.05. The molecule has 3 heterocycles. The Morgan fingerprint density at radius 3 is 2.62 bits per heavy atom. The predicted molar refractivity (Wildman–Crippen MR) is 128 cm³/mol. The molecule has 8 heteroatoms. The first kappa shape index (κ1) is 26.4. The molecule has 34 heavy (non-hydrogen) atoms. The van der Waals surface area contributed by atoms with Crippen LogP contribution in [0, 0.1) is 11.8 Å². The first-order chi connectivity index (χ1) is 16.1. The molecule has 190 valence electrons. The number of rotatable bonds is 12. The van der Waals surface area contributed by atoms with E-state index in [2.05, 4.69) is 13.2 Å². The van der Waals surface area contributed by atoms with E-state index in [1.165, 1.54) is 4.90 Å². The summed E-state index contributed by atoms with van der Waals surface area (Å²) in [6.07, 6.45) is 7.03. The quantitative estimate of drug-likeness (QED) is 0.264. The topological polar surface area (TPSA) is 96.4 Å². The standard InChI is InChI=1S/C26H40N2O6/c1-6-8-9-10-17-33-24(32)19-18-12-13-26(34-18)20(19)22(30)27(15-11-16-29)21(26)23(31)28(14-7-2)25(3,4)5/h6-7,18-21,29H,1-2,8-17H2,3-5H3/t18-,19+,20-,21?,26?/m0/s1. The Hall–Kier alpha value is -2.19. The van der Waals surface area contributed by atoms with Gasteiger partial charge in [0.1, 0.15) is 11.6 Å². The molecule has 3 aliphatic rings. The van der Waals surface area contributed by atoms with Crippen LogP contribution in [0.1, 0.15) is 59.3 Å². The van der Waals surface area contributed by atoms with Crippen molar-refractivity contribution in [3.63, 3.8) is 0 Å². The van der Waals surface area contributed by atoms with Gasteiger partial charge in [-0.15, -0.1) is 13.2 Å². The Morgan fingerprint density at radius 2 is 2.00 bits per heavy atom. The van der Waals surface area contributed by atoms with Crippen molar-refractivity contribution in [3.05, 3.63) is 25.3 Å². The van der Waals surface area contributed by atoms with Crippen molar-refractivity contribution >= 4 is 17.8 Å². The normalized spacial score (nSPS) is 29.8. The average Bonchev–Trinajstić information content (AvgIpc) is 3.42. The number of esters is 1. The molecule has 0 aromatic carbocycles. The van der Waals surface area contributed by atoms with E-state index in [1.807, 2.05) is 26.8 Å². The van der Waals surface area contributed by atoms with Gasteiger partial charge in [0.05, 0.1) is 24.5 Å². The molecule has 0 aliphatic carbocycles. The number of hydrogen-bond donors (Lipinski definition) is 1. The van der Waals surface area contributed by atoms with E-state index in [9.17, 15) is 19.5 Å². The van der Waals surface area contributed by atoms with Crippen LogP contribution in [0.4, 0.5) is 0 Å². The molecule has 5 atom stereocenters. The van der Waals surface area contributed by atoms with Gasteiger partial charge in [-0.2, -0.15) is 0 Å². The lowest BCUT2D eigenvalue weighted by molar-refractivity contribution is -0.156. The van der Waals surface area contributed by atoms with Crippen LogP contribution in [-0.4, -0.2) is 82.3 Å². The number of aliphatic hydroxyl groups is 1. The number of unbranched alkanes of at least 4 members (excludes halogenated alkanes) is 2. The molecule has 2 unspecified atom stereocenters. The number of carbonyl (C=O) groups excluding carboxylic acids is 3. The SMILES string of the molecule is C=CCCCCOC(=O)[C@@H]1[C@@H]2CCC3(O2)C(C(=O)N(CC=C)C(C)(C)C)N(CCCO)C(=O)[C@H]13. The molecule has 2 bridgehead atoms. The van der Waals surface area contributed by atoms with Crippen LogP contribution in [-0.2, 0) is 23.9 Å². The maximum Gasteiger partial charge on any atom is 0.312 e. The van der Waals surface area contributed by atoms with E-state index in [4.69, 9.17) is 9.47 Å². The van der Waals surface area contributed by atoms with Gasteiger partial charge >= 0.3 is 5.97 Å². The van der Waals surface area contributed by atoms with Gasteiger partial charge in [-0.25, -0.2) is 0 Å². The lowest BCUT2D eigenvalue weighted by Gasteiger charge is -2.42. The minimum Gasteiger partial charge on any atom is -0.465 e. The highest BCUT2D eigenvalue weighted by molar-refractivity contribution is 5.98. The molecule has 0 aromatic heterocycles. The monoisotopic (exact) mass is 476 g/mol. The highest BCUT2D eigenvalue weighted by Gasteiger charge is 2.75. The Balaban J connectivity index is 1.90. The third-order valence-electron chi connectivity index (χ3n) is 7.30. The lowest BCUT2D eigenvalue weighted by atomic mass is 9.70. The number of nitrogens with zero attached hydrogens (tertiary/aromatic N) is 2. The van der Waals surface area contributed by atoms with Gasteiger partial charge in [0.25, 0.3) is 0 Å². The van der Waals surface area contributed by atoms with Gasteiger partial charge in [0, 0.05) is 25.2 Å². The summed E-state index contributed by atoms with van der Waals surface area (Å²) in [6, 6.07) is -0.842. The lowest BCUT2D eigenvalue weighted by Crippen LogP contribution is -2.60. The highest BCUT2D eigenvalue weighted by atomic mass is 16.6. The number of aliphatic hydroxyl groups excluding tert-OH is 1. The fourth-order valence-corrected chi connectivity index (χ4v) is 5.81. The zero-order chi connectivity index (χ0) is 25.1. The second-order valence-corrected chi connectivity index (χ2v) is 10.5. The van der Waals surface area contributed by atoms with E-state index in [1.54, 1.807) is 11.0 Å². The molecule has 3 fully saturated rings. The zero-order valence-corrected chi connectivity index (χ0v) is 20.8. The van der Waals surface area contributed by atoms with Gasteiger partial charge in [0.15, 0.2) is 0 Å². The van der Waals surface area contributed by atoms with E-state index in [0.717, 1.165) is 19.3 Å². The van der Waals surface area contributed by atoms with E-state index >= 15 is 0 Å². The molecule has 1 N–H and O–H groups in total. The van der Waals surface area contributed by atoms with Crippen LogP contribution in [0.15, 0.2) is 25.3 Å². The maximum atomic E-state index is 14.0. The minimum absolute atomic E-state index is 0.0995. The molecule has 3 saturated heterocycles. The highest BCUT2D eigenvalue weighted by Crippen LogP contribution is 2.59. The van der Waals surface area contributed by atoms with Crippen LogP contribution in [0.5, 0.6) is 0 Å². The molecule has 0 aromatic rings. The van der Waals surface area contributed by atoms with Crippen LogP contribution < -0.4 is 0 Å². The Morgan fingerprint density at radius 1 is 1.26 bits per heavy atom. The number of likely N-dealkylation sites (tertiary alicyclic amines) is 1. The molecule has 0 radical (unpaired) electrons. The first-order valence-electron chi connectivity index (χ1n) is 12.4. The Bertz CT molecular complexity index is 806. The maximum absolute atomic E-state index is 14.0. The van der Waals surface area contributed by atoms with Crippen LogP contribution in [0.3, 0.4) is 0 Å². The molecule has 3 aliphatic heterocycles. The van der Waals surface area contributed by atoms with Gasteiger partial charge in [0.2, 0.25) is 11.8 Å². The van der Waals surface area contributed by atoms with Crippen LogP contribution in [0.25, 0.3) is 0 Å². The molecule has 3 rings (SSSR count). The third kappa shape index (κ3) is 4.67. The molecular formula is C26H40N2O6. The van der Waals surface area contributed by atoms with Gasteiger partial charge in [-0.3, -0.25) is 14.4 Å². The number of carbonyl (C=O) groups is 3. The molecule has 0 saturated carbocycles. The largest absolute Gasteiger partial charge is 0.465 e. The Labute approximate surface area is 202 Å². The van der Waals surface area contributed by atoms with Crippen molar-refractivity contribution in [3.8, 4) is 0 Å². The fraction of sp³-hybridized carbons (Fsp3) is 0.731. The summed E-state index contributed by atoms with van der Waals surface area (Å²) in [5.74, 6) is -2.34. The molecule has 8 nitrogen and oxygen atoms in total. The molecular weight excluding hydrogens is 436 g/mol. The average molecular weight is 477 g/mol. The number of fused-ring (bicyclic) bond motifs is 1. The molecule has 1 spiro atoms. The summed E-state index contributed by atoms with van der Waals surface area (Å²) in [5, 5.41) is 9.43. The first-order valence-corrected chi connectivity index (χ1v) is 12.4. The van der Waals surface area contributed by atoms with Gasteiger partial charge < -0.3 is 24.4 Å². The van der Waals surface area contributed by atoms with Gasteiger partial charge in [-0.05, 0) is 59.3 Å². The number of amides is 2. The molecule has 2 amide bonds. The number of ether oxygens (including phenoxy) is 2. The van der Waals surface area contributed by atoms with E-state index in [-0.39, 0.29) is 31.6 Å². The van der Waals surface area contributed by atoms with Crippen molar-refractivity contribution in [2.24, 2.45) is 11.8 Å².